The van der Waals surface area contributed by atoms with Crippen LogP contribution in [0.25, 0.3) is 0 Å². The van der Waals surface area contributed by atoms with Crippen LogP contribution in [0.15, 0.2) is 23.1 Å². The fraction of sp³-hybridized carbons (Fsp3) is 0.462. The van der Waals surface area contributed by atoms with E-state index in [0.29, 0.717) is 10.6 Å². The Morgan fingerprint density at radius 1 is 1.21 bits per heavy atom. The minimum absolute atomic E-state index is 0.0674. The van der Waals surface area contributed by atoms with E-state index in [1.807, 2.05) is 0 Å². The number of nitrogens with one attached hydrogen (secondary N) is 1. The molecule has 1 spiro atoms. The van der Waals surface area contributed by atoms with Gasteiger partial charge in [0.05, 0.1) is 16.0 Å². The summed E-state index contributed by atoms with van der Waals surface area (Å²) in [6.45, 7) is 0. The van der Waals surface area contributed by atoms with Crippen molar-refractivity contribution >= 4 is 23.4 Å². The Bertz CT molecular complexity index is 535. The fourth-order valence-corrected chi connectivity index (χ4v) is 4.13. The van der Waals surface area contributed by atoms with Crippen molar-refractivity contribution < 1.29 is 18.0 Å². The van der Waals surface area contributed by atoms with E-state index >= 15 is 0 Å². The molecule has 1 amide bonds. The number of benzene rings is 1. The first kappa shape index (κ1) is 12.8. The van der Waals surface area contributed by atoms with E-state index in [9.17, 15) is 18.0 Å². The van der Waals surface area contributed by atoms with Crippen molar-refractivity contribution in [2.45, 2.75) is 41.5 Å². The molecule has 1 aromatic rings. The molecule has 1 heterocycles. The molecule has 2 aliphatic rings. The number of halogens is 3. The largest absolute Gasteiger partial charge is 0.416 e. The van der Waals surface area contributed by atoms with Crippen LogP contribution in [0.1, 0.15) is 31.2 Å². The molecule has 0 radical (unpaired) electrons. The number of amides is 1. The molecule has 0 unspecified atom stereocenters. The van der Waals surface area contributed by atoms with Gasteiger partial charge in [-0.15, -0.1) is 11.8 Å². The van der Waals surface area contributed by atoms with Crippen LogP contribution < -0.4 is 5.32 Å². The molecule has 6 heteroatoms. The second-order valence-corrected chi connectivity index (χ2v) is 6.39. The number of fused-ring (bicyclic) bond motifs is 1. The van der Waals surface area contributed by atoms with E-state index in [4.69, 9.17) is 0 Å². The van der Waals surface area contributed by atoms with Crippen LogP contribution in [0.5, 0.6) is 0 Å². The van der Waals surface area contributed by atoms with Crippen molar-refractivity contribution in [3.63, 3.8) is 0 Å². The normalized spacial score (nSPS) is 21.3. The Kier molecular flexibility index (Phi) is 2.81. The van der Waals surface area contributed by atoms with E-state index < -0.39 is 16.5 Å². The predicted molar refractivity (Wildman–Crippen MR) is 67.1 cm³/mol. The average molecular weight is 287 g/mol. The highest BCUT2D eigenvalue weighted by Gasteiger charge is 2.45. The molecule has 1 saturated carbocycles. The lowest BCUT2D eigenvalue weighted by Gasteiger charge is -2.33. The molecule has 1 aliphatic heterocycles. The van der Waals surface area contributed by atoms with E-state index in [1.165, 1.54) is 17.8 Å². The summed E-state index contributed by atoms with van der Waals surface area (Å²) in [6.07, 6.45) is -0.971. The van der Waals surface area contributed by atoms with Gasteiger partial charge in [-0.25, -0.2) is 0 Å². The molecule has 0 bridgehead atoms. The second-order valence-electron chi connectivity index (χ2n) is 4.97. The van der Waals surface area contributed by atoms with Crippen molar-refractivity contribution in [1.82, 2.24) is 0 Å². The molecule has 19 heavy (non-hydrogen) atoms. The summed E-state index contributed by atoms with van der Waals surface area (Å²) in [4.78, 5) is 12.6. The van der Waals surface area contributed by atoms with Gasteiger partial charge < -0.3 is 5.32 Å². The number of thioether (sulfide) groups is 1. The Morgan fingerprint density at radius 3 is 2.53 bits per heavy atom. The molecule has 0 aromatic heterocycles. The maximum absolute atomic E-state index is 12.7. The minimum atomic E-state index is -4.35. The van der Waals surface area contributed by atoms with Gasteiger partial charge in [0, 0.05) is 4.90 Å². The zero-order chi connectivity index (χ0) is 13.7. The molecule has 0 saturated heterocycles. The SMILES string of the molecule is O=C1Nc2ccc(C(F)(F)F)cc2SC12CCCC2. The van der Waals surface area contributed by atoms with Crippen LogP contribution >= 0.6 is 11.8 Å². The van der Waals surface area contributed by atoms with Gasteiger partial charge in [0.15, 0.2) is 0 Å². The second kappa shape index (κ2) is 4.16. The number of hydrogen-bond acceptors (Lipinski definition) is 2. The molecular weight excluding hydrogens is 275 g/mol. The third kappa shape index (κ3) is 2.12. The van der Waals surface area contributed by atoms with Gasteiger partial charge in [-0.3, -0.25) is 4.79 Å². The third-order valence-electron chi connectivity index (χ3n) is 3.69. The maximum Gasteiger partial charge on any atom is 0.416 e. The zero-order valence-electron chi connectivity index (χ0n) is 10.0. The Hall–Kier alpha value is -1.17. The lowest BCUT2D eigenvalue weighted by molar-refractivity contribution is -0.137. The number of hydrogen-bond donors (Lipinski definition) is 1. The summed E-state index contributed by atoms with van der Waals surface area (Å²) in [7, 11) is 0. The van der Waals surface area contributed by atoms with E-state index in [-0.39, 0.29) is 5.91 Å². The van der Waals surface area contributed by atoms with Crippen molar-refractivity contribution in [3.8, 4) is 0 Å². The highest BCUT2D eigenvalue weighted by molar-refractivity contribution is 8.01. The van der Waals surface area contributed by atoms with Crippen molar-refractivity contribution in [2.75, 3.05) is 5.32 Å². The van der Waals surface area contributed by atoms with Crippen LogP contribution in [-0.2, 0) is 11.0 Å². The molecule has 1 aromatic carbocycles. The van der Waals surface area contributed by atoms with Gasteiger partial charge in [0.25, 0.3) is 0 Å². The molecule has 1 aliphatic carbocycles. The number of alkyl halides is 3. The van der Waals surface area contributed by atoms with E-state index in [2.05, 4.69) is 5.32 Å². The van der Waals surface area contributed by atoms with Crippen molar-refractivity contribution in [3.05, 3.63) is 23.8 Å². The minimum Gasteiger partial charge on any atom is -0.324 e. The molecule has 3 rings (SSSR count). The summed E-state index contributed by atoms with van der Waals surface area (Å²) in [6, 6.07) is 3.48. The molecule has 1 N–H and O–H groups in total. The van der Waals surface area contributed by atoms with Crippen molar-refractivity contribution in [1.29, 1.82) is 0 Å². The molecular formula is C13H12F3NOS. The highest BCUT2D eigenvalue weighted by atomic mass is 32.2. The van der Waals surface area contributed by atoms with E-state index in [1.54, 1.807) is 0 Å². The van der Waals surface area contributed by atoms with Gasteiger partial charge in [0.1, 0.15) is 0 Å². The van der Waals surface area contributed by atoms with Crippen LogP contribution in [0.2, 0.25) is 0 Å². The van der Waals surface area contributed by atoms with Crippen molar-refractivity contribution in [2.24, 2.45) is 0 Å². The van der Waals surface area contributed by atoms with Crippen LogP contribution in [-0.4, -0.2) is 10.7 Å². The summed E-state index contributed by atoms with van der Waals surface area (Å²) in [5.74, 6) is -0.0674. The van der Waals surface area contributed by atoms with Crippen LogP contribution in [0.4, 0.5) is 18.9 Å². The van der Waals surface area contributed by atoms with Gasteiger partial charge in [-0.2, -0.15) is 13.2 Å². The first-order valence-electron chi connectivity index (χ1n) is 6.12. The first-order chi connectivity index (χ1) is 8.91. The van der Waals surface area contributed by atoms with Crippen LogP contribution in [0, 0.1) is 0 Å². The Balaban J connectivity index is 2.00. The summed E-state index contributed by atoms with van der Waals surface area (Å²) < 4.78 is 37.6. The molecule has 102 valence electrons. The Morgan fingerprint density at radius 2 is 1.89 bits per heavy atom. The lowest BCUT2D eigenvalue weighted by Crippen LogP contribution is -2.40. The smallest absolute Gasteiger partial charge is 0.324 e. The Labute approximate surface area is 112 Å². The number of anilines is 1. The monoisotopic (exact) mass is 287 g/mol. The first-order valence-corrected chi connectivity index (χ1v) is 6.94. The number of carbonyl (C=O) groups is 1. The van der Waals surface area contributed by atoms with Gasteiger partial charge in [-0.05, 0) is 31.0 Å². The zero-order valence-corrected chi connectivity index (χ0v) is 10.8. The predicted octanol–water partition coefficient (Wildman–Crippen LogP) is 4.06. The van der Waals surface area contributed by atoms with Gasteiger partial charge >= 0.3 is 6.18 Å². The summed E-state index contributed by atoms with van der Waals surface area (Å²) in [5.41, 5.74) is -0.177. The quantitative estimate of drug-likeness (QED) is 0.779. The maximum atomic E-state index is 12.7. The summed E-state index contributed by atoms with van der Waals surface area (Å²) >= 11 is 1.29. The highest BCUT2D eigenvalue weighted by Crippen LogP contribution is 2.51. The number of rotatable bonds is 0. The molecule has 1 fully saturated rings. The standard InChI is InChI=1S/C13H12F3NOS/c14-13(15,16)8-3-4-9-10(7-8)19-12(11(18)17-9)5-1-2-6-12/h3-4,7H,1-2,5-6H2,(H,17,18). The van der Waals surface area contributed by atoms with Gasteiger partial charge in [-0.1, -0.05) is 12.8 Å². The fourth-order valence-electron chi connectivity index (χ4n) is 2.65. The lowest BCUT2D eigenvalue weighted by atomic mass is 10.1. The summed E-state index contributed by atoms with van der Waals surface area (Å²) in [5, 5.41) is 2.74. The third-order valence-corrected chi connectivity index (χ3v) is 5.23. The molecule has 2 nitrogen and oxygen atoms in total. The molecule has 0 atom stereocenters. The van der Waals surface area contributed by atoms with Crippen LogP contribution in [0.3, 0.4) is 0 Å². The number of carbonyl (C=O) groups excluding carboxylic acids is 1. The topological polar surface area (TPSA) is 29.1 Å². The average Bonchev–Trinajstić information content (AvgIpc) is 2.78. The van der Waals surface area contributed by atoms with Gasteiger partial charge in [0.2, 0.25) is 5.91 Å². The van der Waals surface area contributed by atoms with E-state index in [0.717, 1.165) is 37.8 Å².